The molecule has 2 aromatic rings. The van der Waals surface area contributed by atoms with Crippen LogP contribution in [0.15, 0.2) is 53.4 Å². The van der Waals surface area contributed by atoms with E-state index >= 15 is 0 Å². The van der Waals surface area contributed by atoms with E-state index in [9.17, 15) is 19.2 Å². The lowest BCUT2D eigenvalue weighted by Crippen LogP contribution is -2.36. The Morgan fingerprint density at radius 2 is 1.84 bits per heavy atom. The highest BCUT2D eigenvalue weighted by molar-refractivity contribution is 8.18. The second-order valence-electron chi connectivity index (χ2n) is 6.50. The van der Waals surface area contributed by atoms with Gasteiger partial charge in [0.25, 0.3) is 11.1 Å². The van der Waals surface area contributed by atoms with Crippen molar-refractivity contribution in [2.75, 3.05) is 25.1 Å². The van der Waals surface area contributed by atoms with E-state index in [-0.39, 0.29) is 10.7 Å². The molecule has 0 radical (unpaired) electrons. The zero-order chi connectivity index (χ0) is 23.1. The fraction of sp³-hybridized carbons (Fsp3) is 0.182. The zero-order valence-electron chi connectivity index (χ0n) is 17.1. The number of carboxylic acid groups (broad SMARTS) is 1. The van der Waals surface area contributed by atoms with Gasteiger partial charge < -0.3 is 19.9 Å². The summed E-state index contributed by atoms with van der Waals surface area (Å²) in [5, 5.41) is 10.9. The summed E-state index contributed by atoms with van der Waals surface area (Å²) in [7, 11) is 0. The fourth-order valence-electron chi connectivity index (χ4n) is 2.79. The predicted octanol–water partition coefficient (Wildman–Crippen LogP) is 3.22. The molecule has 1 saturated heterocycles. The Morgan fingerprint density at radius 3 is 2.53 bits per heavy atom. The van der Waals surface area contributed by atoms with Crippen molar-refractivity contribution in [1.82, 2.24) is 4.90 Å². The number of ether oxygens (including phenoxy) is 2. The van der Waals surface area contributed by atoms with Crippen LogP contribution < -0.4 is 14.8 Å². The highest BCUT2D eigenvalue weighted by atomic mass is 32.2. The highest BCUT2D eigenvalue weighted by Gasteiger charge is 2.36. The number of benzene rings is 2. The topological polar surface area (TPSA) is 122 Å². The molecule has 32 heavy (non-hydrogen) atoms. The minimum Gasteiger partial charge on any atom is -0.490 e. The SMILES string of the molecule is CCOc1cc(/C=C2\SC(=O)N(CC(=O)Nc3ccccc3)C2=O)ccc1OCC(=O)O. The number of carboxylic acids is 1. The Hall–Kier alpha value is -3.79. The van der Waals surface area contributed by atoms with Crippen molar-refractivity contribution >= 4 is 46.5 Å². The number of hydrogen-bond donors (Lipinski definition) is 2. The van der Waals surface area contributed by atoms with Crippen LogP contribution in [0.5, 0.6) is 11.5 Å². The van der Waals surface area contributed by atoms with E-state index in [0.717, 1.165) is 16.7 Å². The molecule has 0 spiro atoms. The second-order valence-corrected chi connectivity index (χ2v) is 7.50. The number of para-hydroxylation sites is 1. The fourth-order valence-corrected chi connectivity index (χ4v) is 3.63. The number of aliphatic carboxylic acids is 1. The van der Waals surface area contributed by atoms with Crippen molar-refractivity contribution in [3.8, 4) is 11.5 Å². The molecule has 1 fully saturated rings. The average molecular weight is 456 g/mol. The summed E-state index contributed by atoms with van der Waals surface area (Å²) in [5.41, 5.74) is 1.11. The van der Waals surface area contributed by atoms with Gasteiger partial charge in [-0.25, -0.2) is 4.79 Å². The van der Waals surface area contributed by atoms with Crippen molar-refractivity contribution in [3.05, 3.63) is 59.0 Å². The molecule has 2 N–H and O–H groups in total. The van der Waals surface area contributed by atoms with Gasteiger partial charge >= 0.3 is 5.97 Å². The van der Waals surface area contributed by atoms with E-state index in [2.05, 4.69) is 5.32 Å². The van der Waals surface area contributed by atoms with Gasteiger partial charge in [0.2, 0.25) is 5.91 Å². The summed E-state index contributed by atoms with van der Waals surface area (Å²) in [4.78, 5) is 49.0. The monoisotopic (exact) mass is 456 g/mol. The molecule has 1 aliphatic heterocycles. The van der Waals surface area contributed by atoms with E-state index in [1.807, 2.05) is 0 Å². The van der Waals surface area contributed by atoms with Gasteiger partial charge in [-0.1, -0.05) is 24.3 Å². The minimum atomic E-state index is -1.12. The first-order valence-electron chi connectivity index (χ1n) is 9.59. The van der Waals surface area contributed by atoms with Crippen LogP contribution in [0.1, 0.15) is 12.5 Å². The summed E-state index contributed by atoms with van der Waals surface area (Å²) in [5.74, 6) is -1.63. The molecule has 0 aromatic heterocycles. The Balaban J connectivity index is 1.72. The van der Waals surface area contributed by atoms with Gasteiger partial charge in [-0.3, -0.25) is 19.3 Å². The normalized spacial score (nSPS) is 14.5. The van der Waals surface area contributed by atoms with Gasteiger partial charge in [-0.05, 0) is 54.6 Å². The quantitative estimate of drug-likeness (QED) is 0.552. The number of anilines is 1. The van der Waals surface area contributed by atoms with E-state index in [1.54, 1.807) is 49.4 Å². The standard InChI is InChI=1S/C22H20N2O7S/c1-2-30-17-10-14(8-9-16(17)31-13-20(26)27)11-18-21(28)24(22(29)32-18)12-19(25)23-15-6-4-3-5-7-15/h3-11H,2,12-13H2,1H3,(H,23,25)(H,26,27)/b18-11-. The van der Waals surface area contributed by atoms with Crippen molar-refractivity contribution < 1.29 is 33.8 Å². The smallest absolute Gasteiger partial charge is 0.341 e. The first-order valence-corrected chi connectivity index (χ1v) is 10.4. The third-order valence-electron chi connectivity index (χ3n) is 4.15. The molecule has 0 bridgehead atoms. The van der Waals surface area contributed by atoms with Crippen molar-refractivity contribution in [2.24, 2.45) is 0 Å². The molecule has 10 heteroatoms. The predicted molar refractivity (Wildman–Crippen MR) is 118 cm³/mol. The number of amides is 3. The number of rotatable bonds is 9. The Kier molecular flexibility index (Phi) is 7.50. The number of nitrogens with zero attached hydrogens (tertiary/aromatic N) is 1. The Morgan fingerprint density at radius 1 is 1.09 bits per heavy atom. The minimum absolute atomic E-state index is 0.157. The molecule has 1 aliphatic rings. The first kappa shape index (κ1) is 22.9. The first-order chi connectivity index (χ1) is 15.4. The third kappa shape index (κ3) is 5.88. The lowest BCUT2D eigenvalue weighted by Gasteiger charge is -2.12. The summed E-state index contributed by atoms with van der Waals surface area (Å²) < 4.78 is 10.7. The lowest BCUT2D eigenvalue weighted by molar-refractivity contribution is -0.139. The van der Waals surface area contributed by atoms with Crippen molar-refractivity contribution in [2.45, 2.75) is 6.92 Å². The zero-order valence-corrected chi connectivity index (χ0v) is 17.9. The maximum Gasteiger partial charge on any atom is 0.341 e. The molecule has 166 valence electrons. The Labute approximate surface area is 188 Å². The van der Waals surface area contributed by atoms with Gasteiger partial charge in [0.15, 0.2) is 18.1 Å². The van der Waals surface area contributed by atoms with Gasteiger partial charge in [-0.2, -0.15) is 0 Å². The van der Waals surface area contributed by atoms with E-state index in [0.29, 0.717) is 23.6 Å². The summed E-state index contributed by atoms with van der Waals surface area (Å²) in [6.07, 6.45) is 1.50. The molecular formula is C22H20N2O7S. The third-order valence-corrected chi connectivity index (χ3v) is 5.06. The van der Waals surface area contributed by atoms with Crippen LogP contribution in [0.4, 0.5) is 10.5 Å². The molecule has 9 nitrogen and oxygen atoms in total. The summed E-state index contributed by atoms with van der Waals surface area (Å²) >= 11 is 0.731. The average Bonchev–Trinajstić information content (AvgIpc) is 3.01. The number of thioether (sulfide) groups is 1. The number of carbonyl (C=O) groups excluding carboxylic acids is 3. The van der Waals surface area contributed by atoms with Crippen LogP contribution in [-0.2, 0) is 14.4 Å². The molecule has 1 heterocycles. The van der Waals surface area contributed by atoms with Gasteiger partial charge in [0.05, 0.1) is 11.5 Å². The van der Waals surface area contributed by atoms with Crippen LogP contribution in [0.3, 0.4) is 0 Å². The molecule has 0 atom stereocenters. The maximum absolute atomic E-state index is 12.7. The van der Waals surface area contributed by atoms with E-state index in [1.165, 1.54) is 12.1 Å². The second kappa shape index (κ2) is 10.5. The van der Waals surface area contributed by atoms with E-state index in [4.69, 9.17) is 14.6 Å². The molecule has 3 rings (SSSR count). The van der Waals surface area contributed by atoms with Gasteiger partial charge in [0, 0.05) is 5.69 Å². The Bertz CT molecular complexity index is 1070. The number of hydrogen-bond acceptors (Lipinski definition) is 7. The van der Waals surface area contributed by atoms with Crippen LogP contribution >= 0.6 is 11.8 Å². The molecular weight excluding hydrogens is 436 g/mol. The van der Waals surface area contributed by atoms with Gasteiger partial charge in [0.1, 0.15) is 6.54 Å². The number of imide groups is 1. The molecule has 0 aliphatic carbocycles. The lowest BCUT2D eigenvalue weighted by atomic mass is 10.2. The molecule has 0 unspecified atom stereocenters. The van der Waals surface area contributed by atoms with Crippen LogP contribution in [0.2, 0.25) is 0 Å². The van der Waals surface area contributed by atoms with Crippen molar-refractivity contribution in [3.63, 3.8) is 0 Å². The molecule has 2 aromatic carbocycles. The van der Waals surface area contributed by atoms with Gasteiger partial charge in [-0.15, -0.1) is 0 Å². The molecule has 3 amide bonds. The maximum atomic E-state index is 12.7. The van der Waals surface area contributed by atoms with Crippen LogP contribution in [-0.4, -0.2) is 52.8 Å². The number of nitrogens with one attached hydrogen (secondary N) is 1. The molecule has 0 saturated carbocycles. The summed E-state index contributed by atoms with van der Waals surface area (Å²) in [6.45, 7) is 1.16. The highest BCUT2D eigenvalue weighted by Crippen LogP contribution is 2.34. The largest absolute Gasteiger partial charge is 0.490 e. The summed E-state index contributed by atoms with van der Waals surface area (Å²) in [6, 6.07) is 13.4. The van der Waals surface area contributed by atoms with Crippen LogP contribution in [0.25, 0.3) is 6.08 Å². The van der Waals surface area contributed by atoms with E-state index < -0.39 is 36.2 Å². The van der Waals surface area contributed by atoms with Crippen LogP contribution in [0, 0.1) is 0 Å². The van der Waals surface area contributed by atoms with Crippen molar-refractivity contribution in [1.29, 1.82) is 0 Å². The number of carbonyl (C=O) groups is 4.